The third-order valence-electron chi connectivity index (χ3n) is 3.17. The van der Waals surface area contributed by atoms with Gasteiger partial charge in [0.15, 0.2) is 37.2 Å². The molecule has 1 saturated heterocycles. The van der Waals surface area contributed by atoms with Crippen molar-refractivity contribution in [3.63, 3.8) is 0 Å². The van der Waals surface area contributed by atoms with Crippen LogP contribution in [0.4, 0.5) is 0 Å². The molecular formula is C15H34O6Si3. The molecule has 1 aliphatic rings. The number of rotatable bonds is 7. The fraction of sp³-hybridized carbons (Fsp3) is 0.933. The smallest absolute Gasteiger partial charge is 0.337 e. The van der Waals surface area contributed by atoms with Crippen molar-refractivity contribution in [2.45, 2.75) is 83.3 Å². The fourth-order valence-corrected chi connectivity index (χ4v) is 5.05. The van der Waals surface area contributed by atoms with Crippen molar-refractivity contribution in [1.82, 2.24) is 0 Å². The van der Waals surface area contributed by atoms with Gasteiger partial charge in [0.1, 0.15) is 12.2 Å². The lowest BCUT2D eigenvalue weighted by Gasteiger charge is -2.43. The number of hydrogen-bond acceptors (Lipinski definition) is 6. The molecule has 0 spiro atoms. The van der Waals surface area contributed by atoms with E-state index in [1.54, 1.807) is 0 Å². The van der Waals surface area contributed by atoms with Gasteiger partial charge in [0.05, 0.1) is 6.61 Å². The SMILES string of the molecule is C[Si](C)(C)OC[C@H]1OC(=O)C(O[Si](C)(C)C)C(O[Si](C)(C)C)[C@@H]1O. The molecule has 142 valence electrons. The highest BCUT2D eigenvalue weighted by molar-refractivity contribution is 6.70. The van der Waals surface area contributed by atoms with Crippen molar-refractivity contribution in [3.05, 3.63) is 0 Å². The van der Waals surface area contributed by atoms with Gasteiger partial charge in [-0.1, -0.05) is 0 Å². The summed E-state index contributed by atoms with van der Waals surface area (Å²) in [5.74, 6) is -0.463. The summed E-state index contributed by atoms with van der Waals surface area (Å²) in [5.41, 5.74) is 0. The Morgan fingerprint density at radius 2 is 1.42 bits per heavy atom. The molecule has 1 aliphatic heterocycles. The lowest BCUT2D eigenvalue weighted by molar-refractivity contribution is -0.200. The summed E-state index contributed by atoms with van der Waals surface area (Å²) in [5, 5.41) is 10.8. The average molecular weight is 395 g/mol. The van der Waals surface area contributed by atoms with Gasteiger partial charge in [0.25, 0.3) is 0 Å². The first-order chi connectivity index (χ1) is 10.6. The Hall–Kier alpha value is -0.0394. The maximum Gasteiger partial charge on any atom is 0.337 e. The van der Waals surface area contributed by atoms with Crippen LogP contribution in [0.25, 0.3) is 0 Å². The van der Waals surface area contributed by atoms with E-state index in [-0.39, 0.29) is 6.61 Å². The van der Waals surface area contributed by atoms with Crippen LogP contribution in [-0.4, -0.2) is 67.1 Å². The van der Waals surface area contributed by atoms with Crippen molar-refractivity contribution < 1.29 is 27.9 Å². The number of ether oxygens (including phenoxy) is 1. The second-order valence-corrected chi connectivity index (χ2v) is 22.7. The van der Waals surface area contributed by atoms with Crippen LogP contribution in [0.5, 0.6) is 0 Å². The molecule has 2 unspecified atom stereocenters. The highest BCUT2D eigenvalue weighted by Gasteiger charge is 2.49. The minimum absolute atomic E-state index is 0.188. The molecule has 4 atom stereocenters. The van der Waals surface area contributed by atoms with E-state index in [0.717, 1.165) is 0 Å². The van der Waals surface area contributed by atoms with Gasteiger partial charge in [-0.3, -0.25) is 0 Å². The van der Waals surface area contributed by atoms with E-state index in [1.165, 1.54) is 0 Å². The minimum Gasteiger partial charge on any atom is -0.455 e. The zero-order valence-corrected chi connectivity index (χ0v) is 19.5. The quantitative estimate of drug-likeness (QED) is 0.528. The topological polar surface area (TPSA) is 74.2 Å². The molecule has 9 heteroatoms. The monoisotopic (exact) mass is 394 g/mol. The van der Waals surface area contributed by atoms with E-state index < -0.39 is 55.3 Å². The summed E-state index contributed by atoms with van der Waals surface area (Å²) in [7, 11) is -5.77. The first kappa shape index (κ1) is 22.0. The van der Waals surface area contributed by atoms with Crippen LogP contribution >= 0.6 is 0 Å². The summed E-state index contributed by atoms with van der Waals surface area (Å²) < 4.78 is 23.4. The molecule has 0 aliphatic carbocycles. The lowest BCUT2D eigenvalue weighted by Crippen LogP contribution is -2.62. The molecule has 0 radical (unpaired) electrons. The highest BCUT2D eigenvalue weighted by atomic mass is 28.4. The summed E-state index contributed by atoms with van der Waals surface area (Å²) in [6, 6.07) is 0. The van der Waals surface area contributed by atoms with Crippen molar-refractivity contribution in [2.75, 3.05) is 6.61 Å². The minimum atomic E-state index is -2.00. The lowest BCUT2D eigenvalue weighted by atomic mass is 10.0. The van der Waals surface area contributed by atoms with Crippen LogP contribution in [0.15, 0.2) is 0 Å². The number of carbonyl (C=O) groups excluding carboxylic acids is 1. The third-order valence-corrected chi connectivity index (χ3v) is 6.14. The molecule has 1 fully saturated rings. The molecule has 0 amide bonds. The van der Waals surface area contributed by atoms with Crippen molar-refractivity contribution >= 4 is 30.9 Å². The molecule has 0 aromatic heterocycles. The standard InChI is InChI=1S/C15H34O6Si3/c1-22(2,3)18-10-11-12(16)13(20-23(4,5)6)14(15(17)19-11)21-24(7,8)9/h11-14,16H,10H2,1-9H3/t11-,12-,13?,14?/m1/s1. The van der Waals surface area contributed by atoms with Gasteiger partial charge in [0.2, 0.25) is 0 Å². The zero-order chi connectivity index (χ0) is 18.9. The first-order valence-corrected chi connectivity index (χ1v) is 18.7. The van der Waals surface area contributed by atoms with Gasteiger partial charge in [-0.05, 0) is 58.9 Å². The van der Waals surface area contributed by atoms with Crippen molar-refractivity contribution in [2.24, 2.45) is 0 Å². The van der Waals surface area contributed by atoms with Crippen molar-refractivity contribution in [1.29, 1.82) is 0 Å². The number of cyclic esters (lactones) is 1. The van der Waals surface area contributed by atoms with Gasteiger partial charge in [-0.15, -0.1) is 0 Å². The second-order valence-electron chi connectivity index (χ2n) is 9.23. The summed E-state index contributed by atoms with van der Waals surface area (Å²) in [6.45, 7) is 18.4. The van der Waals surface area contributed by atoms with E-state index in [9.17, 15) is 9.90 Å². The molecule has 0 saturated carbocycles. The number of carbonyl (C=O) groups is 1. The normalized spacial score (nSPS) is 29.5. The van der Waals surface area contributed by atoms with E-state index in [1.807, 2.05) is 39.3 Å². The van der Waals surface area contributed by atoms with E-state index in [2.05, 4.69) is 19.6 Å². The Kier molecular flexibility index (Phi) is 7.04. The van der Waals surface area contributed by atoms with Gasteiger partial charge in [0, 0.05) is 0 Å². The molecule has 6 nitrogen and oxygen atoms in total. The van der Waals surface area contributed by atoms with Crippen LogP contribution < -0.4 is 0 Å². The molecule has 1 rings (SSSR count). The molecule has 0 aromatic rings. The molecule has 0 aromatic carbocycles. The number of aliphatic hydroxyl groups excluding tert-OH is 1. The van der Waals surface area contributed by atoms with Gasteiger partial charge < -0.3 is 23.1 Å². The highest BCUT2D eigenvalue weighted by Crippen LogP contribution is 2.27. The van der Waals surface area contributed by atoms with Crippen LogP contribution in [0.2, 0.25) is 58.9 Å². The predicted molar refractivity (Wildman–Crippen MR) is 102 cm³/mol. The Bertz CT molecular complexity index is 438. The maximum absolute atomic E-state index is 12.5. The number of aliphatic hydroxyl groups is 1. The molecule has 1 heterocycles. The van der Waals surface area contributed by atoms with Gasteiger partial charge in [-0.25, -0.2) is 4.79 Å². The molecule has 0 bridgehead atoms. The van der Waals surface area contributed by atoms with Crippen LogP contribution in [-0.2, 0) is 22.8 Å². The Labute approximate surface area is 149 Å². The number of esters is 1. The molecule has 24 heavy (non-hydrogen) atoms. The average Bonchev–Trinajstić information content (AvgIpc) is 2.32. The first-order valence-electron chi connectivity index (χ1n) is 8.47. The maximum atomic E-state index is 12.5. The summed E-state index contributed by atoms with van der Waals surface area (Å²) >= 11 is 0. The second kappa shape index (κ2) is 7.68. The summed E-state index contributed by atoms with van der Waals surface area (Å²) in [6.07, 6.45) is -3.25. The van der Waals surface area contributed by atoms with E-state index in [0.29, 0.717) is 0 Å². The Balaban J connectivity index is 2.98. The summed E-state index contributed by atoms with van der Waals surface area (Å²) in [4.78, 5) is 12.5. The zero-order valence-electron chi connectivity index (χ0n) is 16.5. The molecular weight excluding hydrogens is 360 g/mol. The van der Waals surface area contributed by atoms with Crippen LogP contribution in [0.1, 0.15) is 0 Å². The van der Waals surface area contributed by atoms with E-state index in [4.69, 9.17) is 18.0 Å². The number of hydrogen-bond donors (Lipinski definition) is 1. The van der Waals surface area contributed by atoms with Gasteiger partial charge in [-0.2, -0.15) is 0 Å². The Morgan fingerprint density at radius 1 is 0.917 bits per heavy atom. The third kappa shape index (κ3) is 7.46. The fourth-order valence-electron chi connectivity index (χ4n) is 2.31. The molecule has 1 N–H and O–H groups in total. The van der Waals surface area contributed by atoms with Crippen LogP contribution in [0.3, 0.4) is 0 Å². The van der Waals surface area contributed by atoms with Crippen molar-refractivity contribution in [3.8, 4) is 0 Å². The largest absolute Gasteiger partial charge is 0.455 e. The van der Waals surface area contributed by atoms with Crippen LogP contribution in [0, 0.1) is 0 Å². The predicted octanol–water partition coefficient (Wildman–Crippen LogP) is 2.56. The Morgan fingerprint density at radius 3 is 1.83 bits per heavy atom. The van der Waals surface area contributed by atoms with E-state index >= 15 is 0 Å². The van der Waals surface area contributed by atoms with Gasteiger partial charge >= 0.3 is 5.97 Å².